The fourth-order valence-electron chi connectivity index (χ4n) is 4.26. The summed E-state index contributed by atoms with van der Waals surface area (Å²) in [6.45, 7) is 0.152. The van der Waals surface area contributed by atoms with Gasteiger partial charge in [0.1, 0.15) is 0 Å². The molecule has 7 heteroatoms. The van der Waals surface area contributed by atoms with Crippen LogP contribution in [0.2, 0.25) is 0 Å². The van der Waals surface area contributed by atoms with Crippen LogP contribution < -0.4 is 10.6 Å². The highest BCUT2D eigenvalue weighted by Crippen LogP contribution is 2.48. The van der Waals surface area contributed by atoms with Gasteiger partial charge in [-0.2, -0.15) is 0 Å². The number of aromatic nitrogens is 3. The van der Waals surface area contributed by atoms with E-state index in [1.807, 2.05) is 24.3 Å². The predicted molar refractivity (Wildman–Crippen MR) is 88.7 cm³/mol. The molecule has 2 amide bonds. The summed E-state index contributed by atoms with van der Waals surface area (Å²) in [6, 6.07) is 7.29. The van der Waals surface area contributed by atoms with Crippen LogP contribution in [-0.2, 0) is 0 Å². The first-order chi connectivity index (χ1) is 11.7. The largest absolute Gasteiger partial charge is 0.396 e. The number of carbonyl (C=O) groups excluding carboxylic acids is 1. The molecule has 2 fully saturated rings. The summed E-state index contributed by atoms with van der Waals surface area (Å²) in [5.74, 6) is 1.27. The van der Waals surface area contributed by atoms with E-state index in [1.165, 1.54) is 6.42 Å². The van der Waals surface area contributed by atoms with Crippen molar-refractivity contribution in [1.82, 2.24) is 20.3 Å². The number of nitrogens with one attached hydrogen (secondary N) is 2. The second-order valence-corrected chi connectivity index (χ2v) is 6.70. The Morgan fingerprint density at radius 2 is 2.04 bits per heavy atom. The standard InChI is InChI=1S/C17H21N5O2/c23-10-15-11-1-2-12(9-11)16(15)20-17(24)19-13-3-5-14(6-4-13)22-8-7-18-21-22/h3-8,11-12,15-16,23H,1-2,9-10H2,(H2,19,20,24)/t11-,12-,15-,16+/m0/s1. The third-order valence-corrected chi connectivity index (χ3v) is 5.41. The molecule has 3 N–H and O–H groups in total. The monoisotopic (exact) mass is 327 g/mol. The Balaban J connectivity index is 1.38. The normalized spacial score (nSPS) is 28.0. The van der Waals surface area contributed by atoms with Crippen molar-refractivity contribution in [2.75, 3.05) is 11.9 Å². The minimum absolute atomic E-state index is 0.0863. The summed E-state index contributed by atoms with van der Waals surface area (Å²) in [5, 5.41) is 23.2. The van der Waals surface area contributed by atoms with E-state index >= 15 is 0 Å². The van der Waals surface area contributed by atoms with Crippen molar-refractivity contribution in [2.45, 2.75) is 25.3 Å². The molecular weight excluding hydrogens is 306 g/mol. The van der Waals surface area contributed by atoms with Gasteiger partial charge in [0.2, 0.25) is 0 Å². The SMILES string of the molecule is O=C(Nc1ccc(-n2ccnn2)cc1)N[C@@H]1[C@H]2CC[C@@H](C2)[C@@H]1CO. The van der Waals surface area contributed by atoms with Crippen LogP contribution in [0.4, 0.5) is 10.5 Å². The topological polar surface area (TPSA) is 92.1 Å². The maximum atomic E-state index is 12.3. The molecule has 2 aliphatic rings. The maximum absolute atomic E-state index is 12.3. The molecule has 2 saturated carbocycles. The Hall–Kier alpha value is -2.41. The van der Waals surface area contributed by atoms with Crippen LogP contribution in [0.25, 0.3) is 5.69 Å². The third-order valence-electron chi connectivity index (χ3n) is 5.41. The molecule has 0 spiro atoms. The summed E-state index contributed by atoms with van der Waals surface area (Å²) in [6.07, 6.45) is 6.84. The summed E-state index contributed by atoms with van der Waals surface area (Å²) >= 11 is 0. The predicted octanol–water partition coefficient (Wildman–Crippen LogP) is 1.80. The Kier molecular flexibility index (Phi) is 3.93. The Bertz CT molecular complexity index is 700. The fourth-order valence-corrected chi connectivity index (χ4v) is 4.26. The van der Waals surface area contributed by atoms with Crippen molar-refractivity contribution in [3.05, 3.63) is 36.7 Å². The van der Waals surface area contributed by atoms with Gasteiger partial charge in [0.25, 0.3) is 0 Å². The highest BCUT2D eigenvalue weighted by molar-refractivity contribution is 5.89. The first-order valence-corrected chi connectivity index (χ1v) is 8.39. The highest BCUT2D eigenvalue weighted by Gasteiger charge is 2.47. The van der Waals surface area contributed by atoms with Crippen LogP contribution in [0.1, 0.15) is 19.3 Å². The average molecular weight is 327 g/mol. The molecule has 7 nitrogen and oxygen atoms in total. The molecule has 0 radical (unpaired) electrons. The Labute approximate surface area is 140 Å². The lowest BCUT2D eigenvalue weighted by Gasteiger charge is -2.30. The van der Waals surface area contributed by atoms with Gasteiger partial charge in [0.15, 0.2) is 0 Å². The van der Waals surface area contributed by atoms with Crippen molar-refractivity contribution in [2.24, 2.45) is 17.8 Å². The van der Waals surface area contributed by atoms with Gasteiger partial charge in [0.05, 0.1) is 18.1 Å². The average Bonchev–Trinajstić information content (AvgIpc) is 3.33. The van der Waals surface area contributed by atoms with Crippen LogP contribution in [0.5, 0.6) is 0 Å². The Morgan fingerprint density at radius 1 is 1.25 bits per heavy atom. The number of amides is 2. The van der Waals surface area contributed by atoms with E-state index in [0.29, 0.717) is 11.8 Å². The van der Waals surface area contributed by atoms with Crippen molar-refractivity contribution in [3.63, 3.8) is 0 Å². The van der Waals surface area contributed by atoms with Gasteiger partial charge in [-0.05, 0) is 55.4 Å². The minimum atomic E-state index is -0.209. The first kappa shape index (κ1) is 15.1. The van der Waals surface area contributed by atoms with E-state index in [0.717, 1.165) is 24.2 Å². The molecule has 1 heterocycles. The van der Waals surface area contributed by atoms with Gasteiger partial charge in [-0.25, -0.2) is 9.48 Å². The number of aliphatic hydroxyl groups excluding tert-OH is 1. The molecule has 24 heavy (non-hydrogen) atoms. The highest BCUT2D eigenvalue weighted by atomic mass is 16.3. The van der Waals surface area contributed by atoms with Gasteiger partial charge in [-0.1, -0.05) is 5.21 Å². The third kappa shape index (κ3) is 2.75. The molecule has 1 aromatic heterocycles. The molecule has 2 aliphatic carbocycles. The number of fused-ring (bicyclic) bond motifs is 2. The molecule has 4 rings (SSSR count). The zero-order chi connectivity index (χ0) is 16.5. The van der Waals surface area contributed by atoms with Crippen LogP contribution in [0.15, 0.2) is 36.7 Å². The van der Waals surface area contributed by atoms with Crippen molar-refractivity contribution in [3.8, 4) is 5.69 Å². The van der Waals surface area contributed by atoms with E-state index in [-0.39, 0.29) is 24.6 Å². The molecule has 0 saturated heterocycles. The van der Waals surface area contributed by atoms with E-state index < -0.39 is 0 Å². The molecule has 2 bridgehead atoms. The number of benzene rings is 1. The van der Waals surface area contributed by atoms with Gasteiger partial charge in [-0.15, -0.1) is 5.10 Å². The zero-order valence-corrected chi connectivity index (χ0v) is 13.3. The zero-order valence-electron chi connectivity index (χ0n) is 13.3. The maximum Gasteiger partial charge on any atom is 0.319 e. The van der Waals surface area contributed by atoms with Gasteiger partial charge >= 0.3 is 6.03 Å². The van der Waals surface area contributed by atoms with Crippen molar-refractivity contribution >= 4 is 11.7 Å². The number of aliphatic hydroxyl groups is 1. The van der Waals surface area contributed by atoms with Crippen molar-refractivity contribution < 1.29 is 9.90 Å². The number of rotatable bonds is 4. The van der Waals surface area contributed by atoms with Crippen molar-refractivity contribution in [1.29, 1.82) is 0 Å². The summed E-state index contributed by atoms with van der Waals surface area (Å²) in [5.41, 5.74) is 1.60. The number of carbonyl (C=O) groups is 1. The lowest BCUT2D eigenvalue weighted by Crippen LogP contribution is -2.46. The van der Waals surface area contributed by atoms with Crippen LogP contribution in [-0.4, -0.2) is 38.8 Å². The van der Waals surface area contributed by atoms with E-state index in [2.05, 4.69) is 20.9 Å². The van der Waals surface area contributed by atoms with E-state index in [4.69, 9.17) is 0 Å². The molecule has 126 valence electrons. The number of hydrogen-bond acceptors (Lipinski definition) is 4. The van der Waals surface area contributed by atoms with Gasteiger partial charge in [0, 0.05) is 24.3 Å². The van der Waals surface area contributed by atoms with Crippen LogP contribution in [0, 0.1) is 17.8 Å². The molecule has 4 atom stereocenters. The molecule has 0 aliphatic heterocycles. The quantitative estimate of drug-likeness (QED) is 0.798. The lowest BCUT2D eigenvalue weighted by molar-refractivity contribution is 0.146. The Morgan fingerprint density at radius 3 is 2.75 bits per heavy atom. The molecule has 2 aromatic rings. The summed E-state index contributed by atoms with van der Waals surface area (Å²) < 4.78 is 1.66. The smallest absolute Gasteiger partial charge is 0.319 e. The molecular formula is C17H21N5O2. The number of nitrogens with zero attached hydrogens (tertiary/aromatic N) is 3. The lowest BCUT2D eigenvalue weighted by atomic mass is 9.85. The van der Waals surface area contributed by atoms with Gasteiger partial charge in [-0.3, -0.25) is 0 Å². The summed E-state index contributed by atoms with van der Waals surface area (Å²) in [7, 11) is 0. The van der Waals surface area contributed by atoms with Crippen LogP contribution in [0.3, 0.4) is 0 Å². The number of anilines is 1. The fraction of sp³-hybridized carbons (Fsp3) is 0.471. The minimum Gasteiger partial charge on any atom is -0.396 e. The second kappa shape index (κ2) is 6.24. The van der Waals surface area contributed by atoms with Gasteiger partial charge < -0.3 is 15.7 Å². The first-order valence-electron chi connectivity index (χ1n) is 8.39. The number of hydrogen-bond donors (Lipinski definition) is 3. The van der Waals surface area contributed by atoms with Crippen LogP contribution >= 0.6 is 0 Å². The number of urea groups is 1. The molecule has 0 unspecified atom stereocenters. The summed E-state index contributed by atoms with van der Waals surface area (Å²) in [4.78, 5) is 12.3. The second-order valence-electron chi connectivity index (χ2n) is 6.70. The molecule has 1 aromatic carbocycles. The van der Waals surface area contributed by atoms with E-state index in [1.54, 1.807) is 17.1 Å². The van der Waals surface area contributed by atoms with E-state index in [9.17, 15) is 9.90 Å².